The topological polar surface area (TPSA) is 138 Å². The lowest BCUT2D eigenvalue weighted by molar-refractivity contribution is -0.143. The molecule has 0 bridgehead atoms. The number of carbonyl (C=O) groups excluding carboxylic acids is 2. The van der Waals surface area contributed by atoms with Gasteiger partial charge in [-0.25, -0.2) is 4.98 Å². The molecule has 0 saturated heterocycles. The molecule has 4 aromatic rings. The van der Waals surface area contributed by atoms with Crippen molar-refractivity contribution in [2.75, 3.05) is 57.2 Å². The molecule has 3 aliphatic rings. The number of imidazole rings is 1. The highest BCUT2D eigenvalue weighted by Crippen LogP contribution is 2.46. The second-order valence-corrected chi connectivity index (χ2v) is 14.6. The molecule has 0 spiro atoms. The number of methoxy groups -OCH3 is 1. The summed E-state index contributed by atoms with van der Waals surface area (Å²) < 4.78 is 53.4. The van der Waals surface area contributed by atoms with Crippen molar-refractivity contribution in [3.63, 3.8) is 0 Å². The lowest BCUT2D eigenvalue weighted by atomic mass is 9.86. The average Bonchev–Trinajstić information content (AvgIpc) is 3.75. The number of rotatable bonds is 13. The highest BCUT2D eigenvalue weighted by molar-refractivity contribution is 6.03. The molecule has 7 rings (SSSR count). The largest absolute Gasteiger partial charge is 0.466 e. The number of hydrogen-bond acceptors (Lipinski definition) is 10. The number of anilines is 2. The van der Waals surface area contributed by atoms with Gasteiger partial charge in [-0.3, -0.25) is 29.8 Å². The lowest BCUT2D eigenvalue weighted by Crippen LogP contribution is -2.37. The zero-order valence-electron chi connectivity index (χ0n) is 30.3. The third-order valence-electron chi connectivity index (χ3n) is 10.6. The monoisotopic (exact) mass is 734 g/mol. The van der Waals surface area contributed by atoms with Gasteiger partial charge >= 0.3 is 12.1 Å². The molecule has 15 heteroatoms. The molecule has 0 atom stereocenters. The molecule has 53 heavy (non-hydrogen) atoms. The molecule has 4 aromatic heterocycles. The number of fused-ring (bicyclic) bond motifs is 2. The summed E-state index contributed by atoms with van der Waals surface area (Å²) >= 11 is 0. The van der Waals surface area contributed by atoms with Crippen LogP contribution in [0.3, 0.4) is 0 Å². The number of H-pyrrole nitrogens is 1. The van der Waals surface area contributed by atoms with E-state index >= 15 is 0 Å². The van der Waals surface area contributed by atoms with Gasteiger partial charge in [0.05, 0.1) is 42.3 Å². The summed E-state index contributed by atoms with van der Waals surface area (Å²) in [5.41, 5.74) is 3.47. The van der Waals surface area contributed by atoms with Gasteiger partial charge < -0.3 is 19.4 Å². The molecule has 1 aliphatic heterocycles. The molecule has 0 aromatic carbocycles. The number of halogens is 3. The van der Waals surface area contributed by atoms with Crippen molar-refractivity contribution < 1.29 is 32.2 Å². The number of pyridine rings is 3. The molecule has 1 amide bonds. The minimum Gasteiger partial charge on any atom is -0.466 e. The lowest BCUT2D eigenvalue weighted by Gasteiger charge is -2.34. The smallest absolute Gasteiger partial charge is 0.418 e. The standard InChI is InChI=1S/C38H45F3N8O4/c1-4-53-31(50)10-14-49-13-9-24-16-29(42-19-26(24)20-49)35(51)47-36-45-33-30(48(2)21-37(22-52-3)11-5-6-12-37)17-28(44-34(33)46-36)25-15-27(38(39,40)41)32(43-18-25)23-7-8-23/h15-19,23H,4-14,20-22H2,1-3H3,(H2,44,45,46,47,51). The fraction of sp³-hybridized carbons (Fsp3) is 0.526. The predicted octanol–water partition coefficient (Wildman–Crippen LogP) is 6.52. The Morgan fingerprint density at radius 2 is 1.89 bits per heavy atom. The zero-order valence-corrected chi connectivity index (χ0v) is 30.3. The summed E-state index contributed by atoms with van der Waals surface area (Å²) in [6, 6.07) is 4.67. The summed E-state index contributed by atoms with van der Waals surface area (Å²) in [6.07, 6.45) is 5.18. The molecular formula is C38H45F3N8O4. The minimum atomic E-state index is -4.56. The van der Waals surface area contributed by atoms with E-state index in [1.165, 1.54) is 6.20 Å². The van der Waals surface area contributed by atoms with E-state index in [4.69, 9.17) is 9.47 Å². The molecule has 2 fully saturated rings. The van der Waals surface area contributed by atoms with E-state index < -0.39 is 17.6 Å². The molecule has 12 nitrogen and oxygen atoms in total. The number of nitrogens with one attached hydrogen (secondary N) is 2. The Morgan fingerprint density at radius 3 is 2.60 bits per heavy atom. The number of nitrogens with zero attached hydrogens (tertiary/aromatic N) is 6. The molecule has 0 radical (unpaired) electrons. The zero-order chi connectivity index (χ0) is 37.3. The summed E-state index contributed by atoms with van der Waals surface area (Å²) in [5.74, 6) is -0.731. The van der Waals surface area contributed by atoms with Gasteiger partial charge in [0, 0.05) is 69.6 Å². The van der Waals surface area contributed by atoms with Crippen molar-refractivity contribution in [1.29, 1.82) is 0 Å². The van der Waals surface area contributed by atoms with Gasteiger partial charge in [0.1, 0.15) is 11.2 Å². The Balaban J connectivity index is 1.17. The van der Waals surface area contributed by atoms with Crippen molar-refractivity contribution in [1.82, 2.24) is 29.8 Å². The van der Waals surface area contributed by atoms with E-state index in [1.807, 2.05) is 7.05 Å². The molecule has 5 heterocycles. The SMILES string of the molecule is CCOC(=O)CCN1CCc2cc(C(=O)Nc3nc4nc(-c5cnc(C6CC6)c(C(F)(F)F)c5)cc(N(C)CC5(COC)CCCC5)c4[nH]3)ncc2C1. The molecule has 0 unspecified atom stereocenters. The average molecular weight is 735 g/mol. The first-order valence-corrected chi connectivity index (χ1v) is 18.3. The maximum Gasteiger partial charge on any atom is 0.418 e. The van der Waals surface area contributed by atoms with Crippen molar-refractivity contribution in [3.8, 4) is 11.3 Å². The highest BCUT2D eigenvalue weighted by atomic mass is 19.4. The Morgan fingerprint density at radius 1 is 1.09 bits per heavy atom. The van der Waals surface area contributed by atoms with Crippen LogP contribution in [0.4, 0.5) is 24.8 Å². The number of hydrogen-bond donors (Lipinski definition) is 2. The van der Waals surface area contributed by atoms with E-state index in [1.54, 1.807) is 32.4 Å². The van der Waals surface area contributed by atoms with Crippen LogP contribution in [0.5, 0.6) is 0 Å². The van der Waals surface area contributed by atoms with Crippen molar-refractivity contribution in [2.45, 2.75) is 76.9 Å². The molecule has 282 valence electrons. The van der Waals surface area contributed by atoms with E-state index in [-0.39, 0.29) is 45.8 Å². The fourth-order valence-electron chi connectivity index (χ4n) is 7.84. The van der Waals surface area contributed by atoms with Crippen LogP contribution in [0, 0.1) is 5.41 Å². The van der Waals surface area contributed by atoms with E-state index in [2.05, 4.69) is 40.0 Å². The number of amides is 1. The van der Waals surface area contributed by atoms with Crippen LogP contribution in [-0.4, -0.2) is 88.7 Å². The first-order valence-electron chi connectivity index (χ1n) is 18.3. The van der Waals surface area contributed by atoms with Gasteiger partial charge in [-0.2, -0.15) is 18.2 Å². The van der Waals surface area contributed by atoms with E-state index in [9.17, 15) is 22.8 Å². The third kappa shape index (κ3) is 8.15. The maximum absolute atomic E-state index is 14.2. The first-order chi connectivity index (χ1) is 25.4. The van der Waals surface area contributed by atoms with Crippen molar-refractivity contribution in [2.24, 2.45) is 5.41 Å². The van der Waals surface area contributed by atoms with Crippen LogP contribution >= 0.6 is 0 Å². The van der Waals surface area contributed by atoms with Crippen molar-refractivity contribution >= 4 is 34.7 Å². The number of ether oxygens (including phenoxy) is 2. The number of aromatic nitrogens is 5. The fourth-order valence-corrected chi connectivity index (χ4v) is 7.84. The van der Waals surface area contributed by atoms with E-state index in [0.29, 0.717) is 75.4 Å². The normalized spacial score (nSPS) is 17.2. The van der Waals surface area contributed by atoms with E-state index in [0.717, 1.165) is 49.4 Å². The van der Waals surface area contributed by atoms with Crippen molar-refractivity contribution in [3.05, 3.63) is 58.7 Å². The Labute approximate surface area is 305 Å². The summed E-state index contributed by atoms with van der Waals surface area (Å²) in [4.78, 5) is 50.8. The van der Waals surface area contributed by atoms with Crippen LogP contribution in [0.15, 0.2) is 30.6 Å². The minimum absolute atomic E-state index is 0.0780. The molecular weight excluding hydrogens is 689 g/mol. The molecule has 2 N–H and O–H groups in total. The van der Waals surface area contributed by atoms with Crippen LogP contribution in [-0.2, 0) is 33.4 Å². The van der Waals surface area contributed by atoms with Crippen LogP contribution in [0.2, 0.25) is 0 Å². The second-order valence-electron chi connectivity index (χ2n) is 14.6. The Bertz CT molecular complexity index is 1990. The van der Waals surface area contributed by atoms with Gasteiger partial charge in [-0.1, -0.05) is 12.8 Å². The third-order valence-corrected chi connectivity index (χ3v) is 10.6. The van der Waals surface area contributed by atoms with Gasteiger partial charge in [0.15, 0.2) is 5.65 Å². The van der Waals surface area contributed by atoms with Gasteiger partial charge in [-0.05, 0) is 68.4 Å². The van der Waals surface area contributed by atoms with Gasteiger partial charge in [-0.15, -0.1) is 0 Å². The van der Waals surface area contributed by atoms with Gasteiger partial charge in [0.25, 0.3) is 5.91 Å². The van der Waals surface area contributed by atoms with Crippen LogP contribution < -0.4 is 10.2 Å². The number of esters is 1. The summed E-state index contributed by atoms with van der Waals surface area (Å²) in [5, 5.41) is 2.82. The maximum atomic E-state index is 14.2. The molecule has 2 aliphatic carbocycles. The Hall–Kier alpha value is -4.63. The van der Waals surface area contributed by atoms with Gasteiger partial charge in [0.2, 0.25) is 5.95 Å². The predicted molar refractivity (Wildman–Crippen MR) is 193 cm³/mol. The number of alkyl halides is 3. The highest BCUT2D eigenvalue weighted by Gasteiger charge is 2.40. The number of aromatic amines is 1. The first kappa shape index (κ1) is 36.7. The molecule has 2 saturated carbocycles. The summed E-state index contributed by atoms with van der Waals surface area (Å²) in [6.45, 7) is 5.31. The second kappa shape index (κ2) is 15.0. The van der Waals surface area contributed by atoms with Crippen LogP contribution in [0.25, 0.3) is 22.4 Å². The summed E-state index contributed by atoms with van der Waals surface area (Å²) in [7, 11) is 3.64. The number of carbonyl (C=O) groups is 2. The quantitative estimate of drug-likeness (QED) is 0.146. The Kier molecular flexibility index (Phi) is 10.4. The van der Waals surface area contributed by atoms with Crippen LogP contribution in [0.1, 0.15) is 90.7 Å².